The van der Waals surface area contributed by atoms with Gasteiger partial charge in [-0.3, -0.25) is 0 Å². The average Bonchev–Trinajstić information content (AvgIpc) is 3.23. The number of aryl methyl sites for hydroxylation is 2. The van der Waals surface area contributed by atoms with Crippen LogP contribution in [0, 0.1) is 25.2 Å². The topological polar surface area (TPSA) is 74.1 Å². The fourth-order valence-corrected chi connectivity index (χ4v) is 6.84. The number of anilines is 1. The molecule has 0 atom stereocenters. The molecule has 0 N–H and O–H groups in total. The van der Waals surface area contributed by atoms with E-state index in [1.165, 1.54) is 22.8 Å². The monoisotopic (exact) mass is 437 g/mol. The number of nitriles is 1. The summed E-state index contributed by atoms with van der Waals surface area (Å²) < 4.78 is 26.2. The predicted octanol–water partition coefficient (Wildman–Crippen LogP) is 4.74. The Hall–Kier alpha value is -2.69. The van der Waals surface area contributed by atoms with Gasteiger partial charge in [0.1, 0.15) is 6.07 Å². The summed E-state index contributed by atoms with van der Waals surface area (Å²) in [5.41, 5.74) is 4.77. The van der Waals surface area contributed by atoms with E-state index in [2.05, 4.69) is 42.3 Å². The van der Waals surface area contributed by atoms with Crippen molar-refractivity contribution >= 4 is 26.3 Å². The van der Waals surface area contributed by atoms with Crippen molar-refractivity contribution in [1.29, 1.82) is 5.26 Å². The Labute approximate surface area is 181 Å². The smallest absolute Gasteiger partial charge is 0.185 e. The zero-order valence-corrected chi connectivity index (χ0v) is 18.6. The number of aromatic nitrogens is 1. The van der Waals surface area contributed by atoms with Crippen molar-refractivity contribution in [3.8, 4) is 17.3 Å². The van der Waals surface area contributed by atoms with E-state index in [0.717, 1.165) is 10.8 Å². The number of rotatable bonds is 4. The molecule has 2 aromatic carbocycles. The molecule has 0 amide bonds. The van der Waals surface area contributed by atoms with Gasteiger partial charge in [-0.25, -0.2) is 13.4 Å². The zero-order chi connectivity index (χ0) is 21.3. The van der Waals surface area contributed by atoms with Crippen molar-refractivity contribution in [2.45, 2.75) is 36.8 Å². The summed E-state index contributed by atoms with van der Waals surface area (Å²) >= 11 is 1.60. The SMILES string of the molecule is Cc1cccc(C)c1-c1csc(N2CCC(S(=O)(=O)c3ccccc3C#N)CC2)n1. The quantitative estimate of drug-likeness (QED) is 0.589. The van der Waals surface area contributed by atoms with Crippen LogP contribution < -0.4 is 4.90 Å². The Balaban J connectivity index is 1.51. The van der Waals surface area contributed by atoms with Crippen LogP contribution in [-0.2, 0) is 9.84 Å². The van der Waals surface area contributed by atoms with Gasteiger partial charge in [-0.2, -0.15) is 5.26 Å². The number of nitrogens with zero attached hydrogens (tertiary/aromatic N) is 3. The maximum atomic E-state index is 13.1. The molecule has 0 aliphatic carbocycles. The summed E-state index contributed by atoms with van der Waals surface area (Å²) in [6, 6.07) is 14.7. The first-order valence-electron chi connectivity index (χ1n) is 9.92. The van der Waals surface area contributed by atoms with Crippen LogP contribution in [-0.4, -0.2) is 31.7 Å². The van der Waals surface area contributed by atoms with E-state index in [9.17, 15) is 13.7 Å². The molecule has 1 aliphatic heterocycles. The first kappa shape index (κ1) is 20.6. The second-order valence-electron chi connectivity index (χ2n) is 7.62. The van der Waals surface area contributed by atoms with Crippen molar-refractivity contribution in [1.82, 2.24) is 4.98 Å². The molecule has 1 aliphatic rings. The number of hydrogen-bond donors (Lipinski definition) is 0. The minimum Gasteiger partial charge on any atom is -0.348 e. The number of piperidine rings is 1. The molecule has 4 rings (SSSR count). The van der Waals surface area contributed by atoms with Crippen molar-refractivity contribution in [3.63, 3.8) is 0 Å². The van der Waals surface area contributed by atoms with Crippen LogP contribution in [0.3, 0.4) is 0 Å². The third-order valence-electron chi connectivity index (χ3n) is 5.69. The Morgan fingerprint density at radius 1 is 1.07 bits per heavy atom. The van der Waals surface area contributed by atoms with E-state index < -0.39 is 15.1 Å². The summed E-state index contributed by atoms with van der Waals surface area (Å²) in [7, 11) is -3.53. The molecule has 1 saturated heterocycles. The second-order valence-corrected chi connectivity index (χ2v) is 10.7. The predicted molar refractivity (Wildman–Crippen MR) is 121 cm³/mol. The van der Waals surface area contributed by atoms with E-state index >= 15 is 0 Å². The van der Waals surface area contributed by atoms with Crippen LogP contribution in [0.25, 0.3) is 11.3 Å². The molecule has 3 aromatic rings. The Morgan fingerprint density at radius 3 is 2.40 bits per heavy atom. The van der Waals surface area contributed by atoms with E-state index in [0.29, 0.717) is 25.9 Å². The minimum atomic E-state index is -3.53. The lowest BCUT2D eigenvalue weighted by Crippen LogP contribution is -2.39. The standard InChI is InChI=1S/C23H23N3O2S2/c1-16-6-5-7-17(2)22(16)20-15-29-23(25-20)26-12-10-19(11-13-26)30(27,28)21-9-4-3-8-18(21)14-24/h3-9,15,19H,10-13H2,1-2H3. The van der Waals surface area contributed by atoms with Gasteiger partial charge in [-0.1, -0.05) is 30.3 Å². The molecule has 0 bridgehead atoms. The number of sulfone groups is 1. The number of hydrogen-bond acceptors (Lipinski definition) is 6. The molecule has 0 saturated carbocycles. The maximum Gasteiger partial charge on any atom is 0.185 e. The van der Waals surface area contributed by atoms with Crippen LogP contribution in [0.5, 0.6) is 0 Å². The molecule has 5 nitrogen and oxygen atoms in total. The van der Waals surface area contributed by atoms with Gasteiger partial charge in [-0.05, 0) is 49.9 Å². The highest BCUT2D eigenvalue weighted by Gasteiger charge is 2.33. The van der Waals surface area contributed by atoms with Gasteiger partial charge >= 0.3 is 0 Å². The molecule has 0 spiro atoms. The van der Waals surface area contributed by atoms with Crippen molar-refractivity contribution in [2.24, 2.45) is 0 Å². The van der Waals surface area contributed by atoms with Crippen molar-refractivity contribution < 1.29 is 8.42 Å². The summed E-state index contributed by atoms with van der Waals surface area (Å²) in [6.45, 7) is 5.46. The lowest BCUT2D eigenvalue weighted by Gasteiger charge is -2.31. The van der Waals surface area contributed by atoms with Crippen LogP contribution in [0.2, 0.25) is 0 Å². The minimum absolute atomic E-state index is 0.150. The maximum absolute atomic E-state index is 13.1. The second kappa shape index (κ2) is 8.21. The summed E-state index contributed by atoms with van der Waals surface area (Å²) in [6.07, 6.45) is 1.06. The normalized spacial score (nSPS) is 15.2. The molecule has 0 radical (unpaired) electrons. The highest BCUT2D eigenvalue weighted by atomic mass is 32.2. The third-order valence-corrected chi connectivity index (χ3v) is 8.91. The largest absolute Gasteiger partial charge is 0.348 e. The molecule has 154 valence electrons. The molecular formula is C23H23N3O2S2. The number of benzene rings is 2. The molecule has 1 fully saturated rings. The Bertz CT molecular complexity index is 1200. The number of thiazole rings is 1. The van der Waals surface area contributed by atoms with Crippen LogP contribution >= 0.6 is 11.3 Å². The molecule has 1 aromatic heterocycles. The summed E-state index contributed by atoms with van der Waals surface area (Å²) in [4.78, 5) is 7.17. The van der Waals surface area contributed by atoms with Crippen molar-refractivity contribution in [3.05, 3.63) is 64.5 Å². The van der Waals surface area contributed by atoms with Gasteiger partial charge in [0.15, 0.2) is 15.0 Å². The highest BCUT2D eigenvalue weighted by Crippen LogP contribution is 2.34. The van der Waals surface area contributed by atoms with Gasteiger partial charge in [0.25, 0.3) is 0 Å². The molecule has 2 heterocycles. The molecule has 0 unspecified atom stereocenters. The lowest BCUT2D eigenvalue weighted by molar-refractivity contribution is 0.529. The van der Waals surface area contributed by atoms with Gasteiger partial charge in [0.2, 0.25) is 0 Å². The third kappa shape index (κ3) is 3.73. The van der Waals surface area contributed by atoms with E-state index in [1.807, 2.05) is 6.07 Å². The molecular weight excluding hydrogens is 414 g/mol. The van der Waals surface area contributed by atoms with Gasteiger partial charge in [-0.15, -0.1) is 11.3 Å². The van der Waals surface area contributed by atoms with E-state index in [4.69, 9.17) is 4.98 Å². The van der Waals surface area contributed by atoms with Crippen molar-refractivity contribution in [2.75, 3.05) is 18.0 Å². The lowest BCUT2D eigenvalue weighted by atomic mass is 10.0. The molecule has 7 heteroatoms. The van der Waals surface area contributed by atoms with Gasteiger partial charge < -0.3 is 4.90 Å². The van der Waals surface area contributed by atoms with Crippen LogP contribution in [0.4, 0.5) is 5.13 Å². The average molecular weight is 438 g/mol. The molecule has 30 heavy (non-hydrogen) atoms. The van der Waals surface area contributed by atoms with Gasteiger partial charge in [0, 0.05) is 24.0 Å². The fourth-order valence-electron chi connectivity index (χ4n) is 4.09. The Morgan fingerprint density at radius 2 is 1.73 bits per heavy atom. The fraction of sp³-hybridized carbons (Fsp3) is 0.304. The first-order chi connectivity index (χ1) is 14.4. The van der Waals surface area contributed by atoms with Gasteiger partial charge in [0.05, 0.1) is 21.4 Å². The van der Waals surface area contributed by atoms with Crippen LogP contribution in [0.1, 0.15) is 29.5 Å². The summed E-state index contributed by atoms with van der Waals surface area (Å²) in [5, 5.41) is 11.8. The highest BCUT2D eigenvalue weighted by molar-refractivity contribution is 7.92. The zero-order valence-electron chi connectivity index (χ0n) is 17.0. The summed E-state index contributed by atoms with van der Waals surface area (Å²) in [5.74, 6) is 0. The van der Waals surface area contributed by atoms with Crippen LogP contribution in [0.15, 0.2) is 52.7 Å². The van der Waals surface area contributed by atoms with E-state index in [-0.39, 0.29) is 10.5 Å². The Kier molecular flexibility index (Phi) is 5.63. The first-order valence-corrected chi connectivity index (χ1v) is 12.3. The van der Waals surface area contributed by atoms with E-state index in [1.54, 1.807) is 29.5 Å².